The van der Waals surface area contributed by atoms with Crippen molar-refractivity contribution >= 4 is 15.9 Å². The van der Waals surface area contributed by atoms with Crippen LogP contribution in [0, 0.1) is 5.82 Å². The summed E-state index contributed by atoms with van der Waals surface area (Å²) < 4.78 is 14.6. The maximum atomic E-state index is 13.6. The lowest BCUT2D eigenvalue weighted by Crippen LogP contribution is -2.19. The fourth-order valence-electron chi connectivity index (χ4n) is 1.81. The van der Waals surface area contributed by atoms with Gasteiger partial charge in [-0.25, -0.2) is 4.39 Å². The van der Waals surface area contributed by atoms with E-state index in [0.29, 0.717) is 5.56 Å². The van der Waals surface area contributed by atoms with Crippen LogP contribution >= 0.6 is 15.9 Å². The zero-order valence-electron chi connectivity index (χ0n) is 10.2. The SMILES string of the molecule is CC(NCc1ccc(Br)cc1)c1ccccc1F. The Bertz CT molecular complexity index is 510. The molecule has 1 unspecified atom stereocenters. The van der Waals surface area contributed by atoms with E-state index in [1.54, 1.807) is 6.07 Å². The van der Waals surface area contributed by atoms with Crippen LogP contribution in [0.1, 0.15) is 24.1 Å². The Morgan fingerprint density at radius 1 is 1.11 bits per heavy atom. The third kappa shape index (κ3) is 3.40. The molecule has 2 aromatic carbocycles. The minimum absolute atomic E-state index is 0.00477. The molecule has 0 aromatic heterocycles. The molecule has 2 aromatic rings. The van der Waals surface area contributed by atoms with Crippen molar-refractivity contribution < 1.29 is 4.39 Å². The van der Waals surface area contributed by atoms with Gasteiger partial charge in [0.1, 0.15) is 5.82 Å². The zero-order valence-corrected chi connectivity index (χ0v) is 11.7. The van der Waals surface area contributed by atoms with Gasteiger partial charge in [-0.15, -0.1) is 0 Å². The van der Waals surface area contributed by atoms with E-state index in [9.17, 15) is 4.39 Å². The maximum absolute atomic E-state index is 13.6. The average Bonchev–Trinajstić information content (AvgIpc) is 2.38. The first kappa shape index (κ1) is 13.2. The Balaban J connectivity index is 1.98. The molecule has 0 saturated heterocycles. The lowest BCUT2D eigenvalue weighted by Gasteiger charge is -2.15. The van der Waals surface area contributed by atoms with Crippen LogP contribution in [0.15, 0.2) is 53.0 Å². The number of halogens is 2. The molecule has 2 rings (SSSR count). The normalized spacial score (nSPS) is 12.4. The highest BCUT2D eigenvalue weighted by atomic mass is 79.9. The van der Waals surface area contributed by atoms with Gasteiger partial charge in [0.2, 0.25) is 0 Å². The molecule has 0 bridgehead atoms. The van der Waals surface area contributed by atoms with Gasteiger partial charge < -0.3 is 5.32 Å². The van der Waals surface area contributed by atoms with Crippen LogP contribution in [-0.2, 0) is 6.54 Å². The largest absolute Gasteiger partial charge is 0.306 e. The summed E-state index contributed by atoms with van der Waals surface area (Å²) in [6, 6.07) is 15.0. The second kappa shape index (κ2) is 6.12. The van der Waals surface area contributed by atoms with Crippen molar-refractivity contribution in [3.8, 4) is 0 Å². The van der Waals surface area contributed by atoms with Gasteiger partial charge in [-0.3, -0.25) is 0 Å². The van der Waals surface area contributed by atoms with Crippen LogP contribution in [0.25, 0.3) is 0 Å². The lowest BCUT2D eigenvalue weighted by molar-refractivity contribution is 0.528. The highest BCUT2D eigenvalue weighted by Gasteiger charge is 2.09. The number of rotatable bonds is 4. The molecule has 18 heavy (non-hydrogen) atoms. The Labute approximate surface area is 115 Å². The van der Waals surface area contributed by atoms with Crippen LogP contribution in [0.5, 0.6) is 0 Å². The topological polar surface area (TPSA) is 12.0 Å². The Kier molecular flexibility index (Phi) is 4.50. The smallest absolute Gasteiger partial charge is 0.127 e. The van der Waals surface area contributed by atoms with Crippen LogP contribution in [0.4, 0.5) is 4.39 Å². The van der Waals surface area contributed by atoms with E-state index in [1.165, 1.54) is 11.6 Å². The van der Waals surface area contributed by atoms with Gasteiger partial charge in [-0.2, -0.15) is 0 Å². The fraction of sp³-hybridized carbons (Fsp3) is 0.200. The van der Waals surface area contributed by atoms with E-state index >= 15 is 0 Å². The molecule has 0 saturated carbocycles. The molecule has 1 N–H and O–H groups in total. The molecule has 0 aliphatic heterocycles. The van der Waals surface area contributed by atoms with Gasteiger partial charge in [-0.1, -0.05) is 46.3 Å². The molecule has 0 amide bonds. The molecule has 1 nitrogen and oxygen atoms in total. The minimum atomic E-state index is -0.159. The summed E-state index contributed by atoms with van der Waals surface area (Å²) in [7, 11) is 0. The first-order valence-electron chi connectivity index (χ1n) is 5.89. The van der Waals surface area contributed by atoms with Crippen molar-refractivity contribution in [2.75, 3.05) is 0 Å². The van der Waals surface area contributed by atoms with Gasteiger partial charge in [0, 0.05) is 22.6 Å². The number of nitrogens with one attached hydrogen (secondary N) is 1. The van der Waals surface area contributed by atoms with Crippen molar-refractivity contribution in [1.82, 2.24) is 5.32 Å². The molecule has 0 aliphatic rings. The summed E-state index contributed by atoms with van der Waals surface area (Å²) in [6.07, 6.45) is 0. The predicted octanol–water partition coefficient (Wildman–Crippen LogP) is 4.44. The van der Waals surface area contributed by atoms with E-state index in [0.717, 1.165) is 11.0 Å². The molecule has 94 valence electrons. The van der Waals surface area contributed by atoms with E-state index in [-0.39, 0.29) is 11.9 Å². The molecular formula is C15H15BrFN. The molecule has 0 aliphatic carbocycles. The average molecular weight is 308 g/mol. The van der Waals surface area contributed by atoms with Crippen molar-refractivity contribution in [2.45, 2.75) is 19.5 Å². The Morgan fingerprint density at radius 3 is 2.44 bits per heavy atom. The second-order valence-corrected chi connectivity index (χ2v) is 5.17. The standard InChI is InChI=1S/C15H15BrFN/c1-11(14-4-2-3-5-15(14)17)18-10-12-6-8-13(16)9-7-12/h2-9,11,18H,10H2,1H3. The Morgan fingerprint density at radius 2 is 1.78 bits per heavy atom. The predicted molar refractivity (Wildman–Crippen MR) is 75.8 cm³/mol. The summed E-state index contributed by atoms with van der Waals surface area (Å²) in [4.78, 5) is 0. The van der Waals surface area contributed by atoms with Crippen LogP contribution < -0.4 is 5.32 Å². The number of hydrogen-bond donors (Lipinski definition) is 1. The van der Waals surface area contributed by atoms with E-state index in [2.05, 4.69) is 21.2 Å². The molecule has 3 heteroatoms. The zero-order chi connectivity index (χ0) is 13.0. The van der Waals surface area contributed by atoms with Gasteiger partial charge in [0.25, 0.3) is 0 Å². The molecule has 1 atom stereocenters. The van der Waals surface area contributed by atoms with E-state index < -0.39 is 0 Å². The first-order chi connectivity index (χ1) is 8.66. The van der Waals surface area contributed by atoms with Gasteiger partial charge in [-0.05, 0) is 30.7 Å². The second-order valence-electron chi connectivity index (χ2n) is 4.25. The molecule has 0 heterocycles. The highest BCUT2D eigenvalue weighted by molar-refractivity contribution is 9.10. The van der Waals surface area contributed by atoms with Crippen LogP contribution in [-0.4, -0.2) is 0 Å². The third-order valence-electron chi connectivity index (χ3n) is 2.90. The summed E-state index contributed by atoms with van der Waals surface area (Å²) in [6.45, 7) is 2.69. The summed E-state index contributed by atoms with van der Waals surface area (Å²) >= 11 is 3.40. The Hall–Kier alpha value is -1.19. The highest BCUT2D eigenvalue weighted by Crippen LogP contribution is 2.17. The first-order valence-corrected chi connectivity index (χ1v) is 6.68. The van der Waals surface area contributed by atoms with Crippen molar-refractivity contribution in [2.24, 2.45) is 0 Å². The molecule has 0 radical (unpaired) electrons. The number of hydrogen-bond acceptors (Lipinski definition) is 1. The number of benzene rings is 2. The van der Waals surface area contributed by atoms with E-state index in [4.69, 9.17) is 0 Å². The molecular weight excluding hydrogens is 293 g/mol. The van der Waals surface area contributed by atoms with Crippen molar-refractivity contribution in [3.05, 3.63) is 69.9 Å². The minimum Gasteiger partial charge on any atom is -0.306 e. The van der Waals surface area contributed by atoms with Crippen molar-refractivity contribution in [1.29, 1.82) is 0 Å². The van der Waals surface area contributed by atoms with Gasteiger partial charge in [0.15, 0.2) is 0 Å². The van der Waals surface area contributed by atoms with Crippen molar-refractivity contribution in [3.63, 3.8) is 0 Å². The van der Waals surface area contributed by atoms with Crippen LogP contribution in [0.3, 0.4) is 0 Å². The maximum Gasteiger partial charge on any atom is 0.127 e. The van der Waals surface area contributed by atoms with E-state index in [1.807, 2.05) is 43.3 Å². The van der Waals surface area contributed by atoms with Gasteiger partial charge in [0.05, 0.1) is 0 Å². The summed E-state index contributed by atoms with van der Waals surface area (Å²) in [5.41, 5.74) is 1.89. The fourth-order valence-corrected chi connectivity index (χ4v) is 2.07. The van der Waals surface area contributed by atoms with Crippen LogP contribution in [0.2, 0.25) is 0 Å². The quantitative estimate of drug-likeness (QED) is 0.880. The molecule has 0 fully saturated rings. The molecule has 0 spiro atoms. The summed E-state index contributed by atoms with van der Waals surface area (Å²) in [5.74, 6) is -0.159. The lowest BCUT2D eigenvalue weighted by atomic mass is 10.1. The third-order valence-corrected chi connectivity index (χ3v) is 3.43. The monoisotopic (exact) mass is 307 g/mol. The summed E-state index contributed by atoms with van der Waals surface area (Å²) in [5, 5.41) is 3.32. The van der Waals surface area contributed by atoms with Gasteiger partial charge >= 0.3 is 0 Å².